The maximum Gasteiger partial charge on any atom is 0.335 e. The first-order chi connectivity index (χ1) is 18.7. The minimum atomic E-state index is -0.291. The first-order valence-electron chi connectivity index (χ1n) is 13.0. The van der Waals surface area contributed by atoms with E-state index in [0.717, 1.165) is 53.8 Å². The van der Waals surface area contributed by atoms with Gasteiger partial charge in [0, 0.05) is 28.9 Å². The lowest BCUT2D eigenvalue weighted by molar-refractivity contribution is 0.0955. The van der Waals surface area contributed by atoms with E-state index >= 15 is 0 Å². The number of carbonyl (C=O) groups is 1. The molecule has 0 amide bonds. The number of hydrogen-bond donors (Lipinski definition) is 0. The van der Waals surface area contributed by atoms with Gasteiger partial charge in [0.15, 0.2) is 0 Å². The van der Waals surface area contributed by atoms with Gasteiger partial charge in [-0.2, -0.15) is 4.68 Å². The highest BCUT2D eigenvalue weighted by Gasteiger charge is 2.25. The predicted molar refractivity (Wildman–Crippen MR) is 144 cm³/mol. The third-order valence-corrected chi connectivity index (χ3v) is 7.38. The van der Waals surface area contributed by atoms with E-state index in [1.807, 2.05) is 54.6 Å². The summed E-state index contributed by atoms with van der Waals surface area (Å²) in [6.07, 6.45) is 8.94. The molecule has 2 heterocycles. The average Bonchev–Trinajstić information content (AvgIpc) is 3.63. The highest BCUT2D eigenvalue weighted by molar-refractivity contribution is 5.95. The van der Waals surface area contributed by atoms with E-state index in [9.17, 15) is 9.59 Å². The van der Waals surface area contributed by atoms with Crippen LogP contribution in [0.3, 0.4) is 0 Å². The van der Waals surface area contributed by atoms with Crippen molar-refractivity contribution in [2.24, 2.45) is 0 Å². The summed E-state index contributed by atoms with van der Waals surface area (Å²) in [5.74, 6) is -0.00956. The van der Waals surface area contributed by atoms with Crippen LogP contribution in [0.2, 0.25) is 0 Å². The van der Waals surface area contributed by atoms with Gasteiger partial charge in [-0.1, -0.05) is 79.9 Å². The third kappa shape index (κ3) is 4.61. The van der Waals surface area contributed by atoms with E-state index in [0.29, 0.717) is 12.1 Å². The second-order valence-electron chi connectivity index (χ2n) is 9.77. The molecule has 0 spiro atoms. The van der Waals surface area contributed by atoms with Crippen LogP contribution in [0.25, 0.3) is 16.8 Å². The molecule has 8 nitrogen and oxygen atoms in total. The van der Waals surface area contributed by atoms with E-state index in [4.69, 9.17) is 0 Å². The van der Waals surface area contributed by atoms with Crippen molar-refractivity contribution in [3.63, 3.8) is 0 Å². The molecular formula is C30H28N6O2. The molecule has 2 aromatic heterocycles. The summed E-state index contributed by atoms with van der Waals surface area (Å²) in [6.45, 7) is 0.411. The smallest absolute Gasteiger partial charge is 0.291 e. The highest BCUT2D eigenvalue weighted by Crippen LogP contribution is 2.33. The van der Waals surface area contributed by atoms with Gasteiger partial charge in [-0.3, -0.25) is 9.36 Å². The fourth-order valence-corrected chi connectivity index (χ4v) is 5.41. The normalized spacial score (nSPS) is 14.0. The van der Waals surface area contributed by atoms with Gasteiger partial charge >= 0.3 is 5.69 Å². The van der Waals surface area contributed by atoms with Crippen LogP contribution in [0.15, 0.2) is 96.2 Å². The summed E-state index contributed by atoms with van der Waals surface area (Å²) < 4.78 is 4.72. The number of imidazole rings is 1. The lowest BCUT2D eigenvalue weighted by Gasteiger charge is -2.22. The van der Waals surface area contributed by atoms with Crippen molar-refractivity contribution in [2.75, 3.05) is 0 Å². The molecule has 3 aromatic carbocycles. The monoisotopic (exact) mass is 504 g/mol. The first kappa shape index (κ1) is 23.8. The van der Waals surface area contributed by atoms with Gasteiger partial charge < -0.3 is 0 Å². The molecule has 0 atom stereocenters. The number of rotatable bonds is 6. The molecule has 0 unspecified atom stereocenters. The molecule has 1 saturated carbocycles. The average molecular weight is 505 g/mol. The Labute approximate surface area is 220 Å². The van der Waals surface area contributed by atoms with Gasteiger partial charge in [-0.15, -0.1) is 5.10 Å². The topological polar surface area (TPSA) is 87.6 Å². The summed E-state index contributed by atoms with van der Waals surface area (Å²) in [6, 6.07) is 25.1. The van der Waals surface area contributed by atoms with Crippen LogP contribution >= 0.6 is 0 Å². The zero-order valence-electron chi connectivity index (χ0n) is 21.0. The molecule has 38 heavy (non-hydrogen) atoms. The summed E-state index contributed by atoms with van der Waals surface area (Å²) in [7, 11) is 0. The number of aromatic nitrogens is 6. The quantitative estimate of drug-likeness (QED) is 0.322. The SMILES string of the molecule is O=C(c1ccccc1)n1cc(C2CCCCC2)n(Cc2ccc(-c3ccccc3-n3cnnn3)cc2)c1=O. The molecule has 6 rings (SSSR count). The second kappa shape index (κ2) is 10.4. The molecule has 1 aliphatic rings. The minimum Gasteiger partial charge on any atom is -0.291 e. The van der Waals surface area contributed by atoms with Crippen molar-refractivity contribution >= 4 is 5.91 Å². The van der Waals surface area contributed by atoms with Gasteiger partial charge in [-0.25, -0.2) is 9.36 Å². The molecule has 0 aliphatic heterocycles. The van der Waals surface area contributed by atoms with Gasteiger partial charge in [0.05, 0.1) is 12.2 Å². The molecule has 0 saturated heterocycles. The van der Waals surface area contributed by atoms with Crippen LogP contribution in [-0.4, -0.2) is 35.2 Å². The lowest BCUT2D eigenvalue weighted by Crippen LogP contribution is -2.30. The molecule has 0 radical (unpaired) electrons. The fraction of sp³-hybridized carbons (Fsp3) is 0.233. The fourth-order valence-electron chi connectivity index (χ4n) is 5.41. The second-order valence-corrected chi connectivity index (χ2v) is 9.77. The van der Waals surface area contributed by atoms with E-state index in [1.165, 1.54) is 11.0 Å². The number of benzene rings is 3. The molecule has 8 heteroatoms. The Balaban J connectivity index is 1.34. The maximum atomic E-state index is 13.6. The van der Waals surface area contributed by atoms with Crippen LogP contribution in [0, 0.1) is 0 Å². The van der Waals surface area contributed by atoms with Crippen molar-refractivity contribution in [3.8, 4) is 16.8 Å². The van der Waals surface area contributed by atoms with E-state index in [1.54, 1.807) is 33.9 Å². The van der Waals surface area contributed by atoms with Crippen LogP contribution in [-0.2, 0) is 6.54 Å². The highest BCUT2D eigenvalue weighted by atomic mass is 16.2. The first-order valence-corrected chi connectivity index (χ1v) is 13.0. The molecule has 1 aliphatic carbocycles. The van der Waals surface area contributed by atoms with Crippen LogP contribution in [0.5, 0.6) is 0 Å². The summed E-state index contributed by atoms with van der Waals surface area (Å²) in [4.78, 5) is 26.8. The van der Waals surface area contributed by atoms with E-state index in [2.05, 4.69) is 27.7 Å². The third-order valence-electron chi connectivity index (χ3n) is 7.38. The molecule has 190 valence electrons. The number of tetrazole rings is 1. The zero-order chi connectivity index (χ0) is 25.9. The van der Waals surface area contributed by atoms with E-state index < -0.39 is 0 Å². The molecule has 5 aromatic rings. The van der Waals surface area contributed by atoms with Crippen LogP contribution in [0.4, 0.5) is 0 Å². The molecule has 1 fully saturated rings. The lowest BCUT2D eigenvalue weighted by atomic mass is 9.87. The van der Waals surface area contributed by atoms with Gasteiger partial charge in [-0.05, 0) is 52.6 Å². The largest absolute Gasteiger partial charge is 0.335 e. The van der Waals surface area contributed by atoms with Crippen LogP contribution < -0.4 is 5.69 Å². The Morgan fingerprint density at radius 1 is 0.868 bits per heavy atom. The van der Waals surface area contributed by atoms with Gasteiger partial charge in [0.25, 0.3) is 5.91 Å². The van der Waals surface area contributed by atoms with Gasteiger partial charge in [0.1, 0.15) is 6.33 Å². The minimum absolute atomic E-state index is 0.281. The number of para-hydroxylation sites is 1. The number of hydrogen-bond acceptors (Lipinski definition) is 5. The van der Waals surface area contributed by atoms with Crippen molar-refractivity contribution in [3.05, 3.63) is 119 Å². The Kier molecular flexibility index (Phi) is 6.52. The van der Waals surface area contributed by atoms with E-state index in [-0.39, 0.29) is 17.5 Å². The maximum absolute atomic E-state index is 13.6. The Morgan fingerprint density at radius 2 is 1.61 bits per heavy atom. The van der Waals surface area contributed by atoms with Crippen LogP contribution in [0.1, 0.15) is 59.6 Å². The number of carbonyl (C=O) groups excluding carboxylic acids is 1. The predicted octanol–water partition coefficient (Wildman–Crippen LogP) is 5.08. The molecule has 0 N–H and O–H groups in total. The zero-order valence-corrected chi connectivity index (χ0v) is 21.0. The van der Waals surface area contributed by atoms with Crippen molar-refractivity contribution in [1.29, 1.82) is 0 Å². The van der Waals surface area contributed by atoms with Crippen molar-refractivity contribution in [2.45, 2.75) is 44.6 Å². The number of nitrogens with zero attached hydrogens (tertiary/aromatic N) is 6. The molecule has 0 bridgehead atoms. The summed E-state index contributed by atoms with van der Waals surface area (Å²) >= 11 is 0. The Bertz CT molecular complexity index is 1600. The molecular weight excluding hydrogens is 476 g/mol. The summed E-state index contributed by atoms with van der Waals surface area (Å²) in [5, 5.41) is 11.5. The van der Waals surface area contributed by atoms with Crippen molar-refractivity contribution < 1.29 is 4.79 Å². The Morgan fingerprint density at radius 3 is 2.34 bits per heavy atom. The summed E-state index contributed by atoms with van der Waals surface area (Å²) in [5.41, 5.74) is 5.09. The van der Waals surface area contributed by atoms with Crippen molar-refractivity contribution in [1.82, 2.24) is 29.3 Å². The standard InChI is InChI=1S/C30H28N6O2/c37-29(25-11-5-2-6-12-25)35-20-28(24-9-3-1-4-10-24)34(30(35)38)19-22-15-17-23(18-16-22)26-13-7-8-14-27(26)36-21-31-32-33-36/h2,5-8,11-18,20-21,24H,1,3-4,9-10,19H2. The Hall–Kier alpha value is -4.59. The van der Waals surface area contributed by atoms with Gasteiger partial charge in [0.2, 0.25) is 0 Å².